The van der Waals surface area contributed by atoms with Gasteiger partial charge in [-0.2, -0.15) is 0 Å². The van der Waals surface area contributed by atoms with E-state index in [0.717, 1.165) is 32.2 Å². The summed E-state index contributed by atoms with van der Waals surface area (Å²) in [6, 6.07) is 19.6. The standard InChI is InChI=1S/C19H22N2O/c22-14-20-12-6-10-17-13-16-9-4-5-11-18(16)21-19(17)15-7-2-1-3-8-15/h1-5,7-9,11,14,17,19,21H,6,10,12-13H2,(H,20,22)/t17-,19-/m0/s1. The van der Waals surface area contributed by atoms with Gasteiger partial charge in [-0.15, -0.1) is 0 Å². The minimum Gasteiger partial charge on any atom is -0.378 e. The van der Waals surface area contributed by atoms with Gasteiger partial charge in [-0.1, -0.05) is 48.5 Å². The first-order valence-electron chi connectivity index (χ1n) is 7.95. The van der Waals surface area contributed by atoms with Crippen LogP contribution in [0.4, 0.5) is 5.69 Å². The molecule has 0 aliphatic carbocycles. The Balaban J connectivity index is 1.79. The third-order valence-electron chi connectivity index (χ3n) is 4.42. The molecule has 1 aliphatic rings. The van der Waals surface area contributed by atoms with Crippen molar-refractivity contribution in [3.63, 3.8) is 0 Å². The molecule has 2 aromatic rings. The van der Waals surface area contributed by atoms with E-state index in [4.69, 9.17) is 0 Å². The van der Waals surface area contributed by atoms with Crippen molar-refractivity contribution >= 4 is 12.1 Å². The fraction of sp³-hybridized carbons (Fsp3) is 0.316. The summed E-state index contributed by atoms with van der Waals surface area (Å²) in [4.78, 5) is 10.4. The second kappa shape index (κ2) is 7.12. The van der Waals surface area contributed by atoms with E-state index >= 15 is 0 Å². The van der Waals surface area contributed by atoms with Gasteiger partial charge in [0.2, 0.25) is 6.41 Å². The lowest BCUT2D eigenvalue weighted by Crippen LogP contribution is -2.28. The summed E-state index contributed by atoms with van der Waals surface area (Å²) >= 11 is 0. The normalized spacial score (nSPS) is 19.8. The molecule has 0 spiro atoms. The van der Waals surface area contributed by atoms with Crippen molar-refractivity contribution < 1.29 is 4.79 Å². The minimum atomic E-state index is 0.340. The van der Waals surface area contributed by atoms with E-state index in [1.165, 1.54) is 16.8 Å². The lowest BCUT2D eigenvalue weighted by atomic mass is 9.81. The first-order chi connectivity index (χ1) is 10.9. The Morgan fingerprint density at radius 2 is 1.86 bits per heavy atom. The maximum atomic E-state index is 10.4. The molecule has 114 valence electrons. The second-order valence-electron chi connectivity index (χ2n) is 5.87. The quantitative estimate of drug-likeness (QED) is 0.632. The number of amides is 1. The molecule has 22 heavy (non-hydrogen) atoms. The van der Waals surface area contributed by atoms with Crippen molar-refractivity contribution in [1.29, 1.82) is 0 Å². The largest absolute Gasteiger partial charge is 0.378 e. The molecule has 0 saturated carbocycles. The zero-order valence-electron chi connectivity index (χ0n) is 12.7. The first kappa shape index (κ1) is 14.6. The van der Waals surface area contributed by atoms with Crippen LogP contribution >= 0.6 is 0 Å². The van der Waals surface area contributed by atoms with Crippen LogP contribution in [0.5, 0.6) is 0 Å². The topological polar surface area (TPSA) is 41.1 Å². The van der Waals surface area contributed by atoms with Crippen molar-refractivity contribution in [2.75, 3.05) is 11.9 Å². The van der Waals surface area contributed by atoms with E-state index in [9.17, 15) is 4.79 Å². The van der Waals surface area contributed by atoms with Crippen LogP contribution in [0, 0.1) is 5.92 Å². The summed E-state index contributed by atoms with van der Waals surface area (Å²) in [7, 11) is 0. The molecule has 0 fully saturated rings. The smallest absolute Gasteiger partial charge is 0.207 e. The van der Waals surface area contributed by atoms with Crippen LogP contribution in [-0.2, 0) is 11.2 Å². The number of nitrogens with one attached hydrogen (secondary N) is 2. The van der Waals surface area contributed by atoms with Gasteiger partial charge in [-0.25, -0.2) is 0 Å². The molecular weight excluding hydrogens is 272 g/mol. The summed E-state index contributed by atoms with van der Waals surface area (Å²) in [6.45, 7) is 0.753. The number of anilines is 1. The number of carbonyl (C=O) groups excluding carboxylic acids is 1. The van der Waals surface area contributed by atoms with Crippen molar-refractivity contribution in [1.82, 2.24) is 5.32 Å². The number of hydrogen-bond acceptors (Lipinski definition) is 2. The van der Waals surface area contributed by atoms with Crippen LogP contribution < -0.4 is 10.6 Å². The van der Waals surface area contributed by atoms with E-state index in [1.54, 1.807) is 0 Å². The summed E-state index contributed by atoms with van der Waals surface area (Å²) in [6.07, 6.45) is 3.98. The number of rotatable bonds is 6. The zero-order valence-corrected chi connectivity index (χ0v) is 12.7. The van der Waals surface area contributed by atoms with Crippen molar-refractivity contribution in [2.45, 2.75) is 25.3 Å². The molecule has 1 heterocycles. The molecule has 2 aromatic carbocycles. The van der Waals surface area contributed by atoms with Crippen LogP contribution in [0.3, 0.4) is 0 Å². The predicted molar refractivity (Wildman–Crippen MR) is 89.7 cm³/mol. The van der Waals surface area contributed by atoms with Gasteiger partial charge in [0.25, 0.3) is 0 Å². The van der Waals surface area contributed by atoms with Gasteiger partial charge in [0, 0.05) is 12.2 Å². The summed E-state index contributed by atoms with van der Waals surface area (Å²) in [5, 5.41) is 6.47. The van der Waals surface area contributed by atoms with Crippen molar-refractivity contribution in [2.24, 2.45) is 5.92 Å². The second-order valence-corrected chi connectivity index (χ2v) is 5.87. The monoisotopic (exact) mass is 294 g/mol. The number of hydrogen-bond donors (Lipinski definition) is 2. The Kier molecular flexibility index (Phi) is 4.74. The van der Waals surface area contributed by atoms with Gasteiger partial charge in [-0.3, -0.25) is 4.79 Å². The number of para-hydroxylation sites is 1. The number of carbonyl (C=O) groups is 1. The molecule has 3 heteroatoms. The molecule has 1 aliphatic heterocycles. The highest BCUT2D eigenvalue weighted by Crippen LogP contribution is 2.38. The fourth-order valence-electron chi connectivity index (χ4n) is 3.33. The molecular formula is C19H22N2O. The third-order valence-corrected chi connectivity index (χ3v) is 4.42. The maximum absolute atomic E-state index is 10.4. The number of fused-ring (bicyclic) bond motifs is 1. The Hall–Kier alpha value is -2.29. The third kappa shape index (κ3) is 3.30. The summed E-state index contributed by atoms with van der Waals surface area (Å²) in [5.41, 5.74) is 3.98. The van der Waals surface area contributed by atoms with E-state index in [0.29, 0.717) is 12.0 Å². The van der Waals surface area contributed by atoms with E-state index in [2.05, 4.69) is 65.2 Å². The number of benzene rings is 2. The molecule has 3 rings (SSSR count). The zero-order chi connectivity index (χ0) is 15.2. The highest BCUT2D eigenvalue weighted by molar-refractivity contribution is 5.55. The maximum Gasteiger partial charge on any atom is 0.207 e. The molecule has 0 bridgehead atoms. The van der Waals surface area contributed by atoms with E-state index < -0.39 is 0 Å². The predicted octanol–water partition coefficient (Wildman–Crippen LogP) is 3.54. The van der Waals surface area contributed by atoms with Gasteiger partial charge in [-0.05, 0) is 42.4 Å². The molecule has 0 saturated heterocycles. The minimum absolute atomic E-state index is 0.340. The van der Waals surface area contributed by atoms with E-state index in [-0.39, 0.29) is 0 Å². The van der Waals surface area contributed by atoms with Gasteiger partial charge >= 0.3 is 0 Å². The Labute approximate surface area is 131 Å². The first-order valence-corrected chi connectivity index (χ1v) is 7.95. The van der Waals surface area contributed by atoms with Crippen molar-refractivity contribution in [3.05, 3.63) is 65.7 Å². The Morgan fingerprint density at radius 3 is 2.68 bits per heavy atom. The van der Waals surface area contributed by atoms with Gasteiger partial charge in [0.15, 0.2) is 0 Å². The molecule has 3 nitrogen and oxygen atoms in total. The van der Waals surface area contributed by atoms with Crippen LogP contribution in [0.2, 0.25) is 0 Å². The molecule has 2 atom stereocenters. The van der Waals surface area contributed by atoms with Crippen LogP contribution in [0.15, 0.2) is 54.6 Å². The Bertz CT molecular complexity index is 612. The lowest BCUT2D eigenvalue weighted by molar-refractivity contribution is -0.109. The van der Waals surface area contributed by atoms with Crippen molar-refractivity contribution in [3.8, 4) is 0 Å². The summed E-state index contributed by atoms with van der Waals surface area (Å²) < 4.78 is 0. The van der Waals surface area contributed by atoms with Gasteiger partial charge < -0.3 is 10.6 Å². The van der Waals surface area contributed by atoms with Gasteiger partial charge in [0.1, 0.15) is 0 Å². The van der Waals surface area contributed by atoms with Crippen LogP contribution in [-0.4, -0.2) is 13.0 Å². The average molecular weight is 294 g/mol. The van der Waals surface area contributed by atoms with Gasteiger partial charge in [0.05, 0.1) is 6.04 Å². The van der Waals surface area contributed by atoms with Crippen LogP contribution in [0.25, 0.3) is 0 Å². The summed E-state index contributed by atoms with van der Waals surface area (Å²) in [5.74, 6) is 0.547. The highest BCUT2D eigenvalue weighted by Gasteiger charge is 2.28. The Morgan fingerprint density at radius 1 is 1.09 bits per heavy atom. The molecule has 0 aromatic heterocycles. The van der Waals surface area contributed by atoms with Crippen LogP contribution in [0.1, 0.15) is 30.0 Å². The SMILES string of the molecule is O=CNCCC[C@H]1Cc2ccccc2N[C@H]1c1ccccc1. The molecule has 2 N–H and O–H groups in total. The highest BCUT2D eigenvalue weighted by atomic mass is 16.1. The molecule has 0 unspecified atom stereocenters. The molecule has 1 amide bonds. The lowest BCUT2D eigenvalue weighted by Gasteiger charge is -2.35. The molecule has 0 radical (unpaired) electrons. The fourth-order valence-corrected chi connectivity index (χ4v) is 3.33. The average Bonchev–Trinajstić information content (AvgIpc) is 2.59. The van der Waals surface area contributed by atoms with E-state index in [1.807, 2.05) is 0 Å².